The van der Waals surface area contributed by atoms with Crippen molar-refractivity contribution in [3.63, 3.8) is 0 Å². The summed E-state index contributed by atoms with van der Waals surface area (Å²) < 4.78 is 0. The van der Waals surface area contributed by atoms with Crippen LogP contribution < -0.4 is 5.73 Å². The van der Waals surface area contributed by atoms with E-state index in [1.165, 1.54) is 24.5 Å². The molecule has 20 heavy (non-hydrogen) atoms. The molecular weight excluding hydrogens is 246 g/mol. The third-order valence-electron chi connectivity index (χ3n) is 2.04. The molecule has 1 amide bonds. The van der Waals surface area contributed by atoms with Gasteiger partial charge in [-0.3, -0.25) is 4.79 Å². The summed E-state index contributed by atoms with van der Waals surface area (Å²) >= 11 is 0. The van der Waals surface area contributed by atoms with E-state index in [1.807, 2.05) is 27.7 Å². The lowest BCUT2D eigenvalue weighted by Gasteiger charge is -2.05. The van der Waals surface area contributed by atoms with E-state index >= 15 is 0 Å². The molecule has 0 radical (unpaired) electrons. The first-order valence-electron chi connectivity index (χ1n) is 7.79. The molecule has 0 saturated carbocycles. The van der Waals surface area contributed by atoms with Crippen LogP contribution in [-0.4, -0.2) is 5.91 Å². The van der Waals surface area contributed by atoms with Gasteiger partial charge < -0.3 is 5.73 Å². The van der Waals surface area contributed by atoms with Crippen LogP contribution in [0.1, 0.15) is 66.5 Å². The Kier molecular flexibility index (Phi) is 21.0. The molecule has 0 fully saturated rings. The molecular formula is C18H35NO. The maximum atomic E-state index is 9.22. The SMILES string of the molecule is CC.CC.CC(N)=O.CCc1cccc(CC(C)C)c1. The number of nitrogens with two attached hydrogens (primary N) is 1. The highest BCUT2D eigenvalue weighted by Crippen LogP contribution is 2.10. The van der Waals surface area contributed by atoms with Crippen LogP contribution in [-0.2, 0) is 17.6 Å². The summed E-state index contributed by atoms with van der Waals surface area (Å²) in [6.45, 7) is 16.0. The average Bonchev–Trinajstić information content (AvgIpc) is 2.42. The van der Waals surface area contributed by atoms with Crippen molar-refractivity contribution in [3.05, 3.63) is 35.4 Å². The lowest BCUT2D eigenvalue weighted by molar-refractivity contribution is -0.115. The van der Waals surface area contributed by atoms with Crippen molar-refractivity contribution >= 4 is 5.91 Å². The second kappa shape index (κ2) is 17.7. The number of carbonyl (C=O) groups excluding carboxylic acids is 1. The zero-order chi connectivity index (χ0) is 16.6. The lowest BCUT2D eigenvalue weighted by atomic mass is 10.0. The van der Waals surface area contributed by atoms with Gasteiger partial charge in [-0.25, -0.2) is 0 Å². The van der Waals surface area contributed by atoms with Gasteiger partial charge in [-0.05, 0) is 29.9 Å². The topological polar surface area (TPSA) is 43.1 Å². The number of aryl methyl sites for hydroxylation is 1. The van der Waals surface area contributed by atoms with E-state index in [0.29, 0.717) is 0 Å². The Balaban J connectivity index is -0.000000306. The Labute approximate surface area is 126 Å². The molecule has 118 valence electrons. The van der Waals surface area contributed by atoms with Gasteiger partial charge in [0.1, 0.15) is 0 Å². The van der Waals surface area contributed by atoms with Gasteiger partial charge in [0, 0.05) is 6.92 Å². The molecule has 0 unspecified atom stereocenters. The number of hydrogen-bond acceptors (Lipinski definition) is 1. The van der Waals surface area contributed by atoms with Crippen molar-refractivity contribution in [2.45, 2.75) is 68.2 Å². The molecule has 2 N–H and O–H groups in total. The van der Waals surface area contributed by atoms with E-state index in [9.17, 15) is 4.79 Å². The monoisotopic (exact) mass is 281 g/mol. The molecule has 1 rings (SSSR count). The number of primary amides is 1. The molecule has 0 atom stereocenters. The first kappa shape index (κ1) is 23.8. The molecule has 1 aromatic carbocycles. The van der Waals surface area contributed by atoms with Crippen molar-refractivity contribution in [1.82, 2.24) is 0 Å². The van der Waals surface area contributed by atoms with Gasteiger partial charge in [-0.2, -0.15) is 0 Å². The average molecular weight is 281 g/mol. The minimum absolute atomic E-state index is 0.333. The van der Waals surface area contributed by atoms with E-state index < -0.39 is 0 Å². The molecule has 0 saturated heterocycles. The quantitative estimate of drug-likeness (QED) is 0.833. The molecule has 0 aliphatic heterocycles. The van der Waals surface area contributed by atoms with Crippen LogP contribution in [0.15, 0.2) is 24.3 Å². The first-order chi connectivity index (χ1) is 9.45. The number of hydrogen-bond donors (Lipinski definition) is 1. The fourth-order valence-electron chi connectivity index (χ4n) is 1.45. The molecule has 2 nitrogen and oxygen atoms in total. The van der Waals surface area contributed by atoms with Crippen molar-refractivity contribution in [1.29, 1.82) is 0 Å². The zero-order valence-electron chi connectivity index (χ0n) is 14.8. The Morgan fingerprint density at radius 1 is 1.10 bits per heavy atom. The minimum atomic E-state index is -0.333. The minimum Gasteiger partial charge on any atom is -0.370 e. The van der Waals surface area contributed by atoms with Crippen LogP contribution in [0.2, 0.25) is 0 Å². The summed E-state index contributed by atoms with van der Waals surface area (Å²) in [7, 11) is 0. The highest BCUT2D eigenvalue weighted by atomic mass is 16.1. The van der Waals surface area contributed by atoms with Crippen LogP contribution >= 0.6 is 0 Å². The molecule has 0 bridgehead atoms. The Morgan fingerprint density at radius 2 is 1.50 bits per heavy atom. The van der Waals surface area contributed by atoms with E-state index in [-0.39, 0.29) is 5.91 Å². The Hall–Kier alpha value is -1.31. The van der Waals surface area contributed by atoms with Crippen LogP contribution in [0.25, 0.3) is 0 Å². The fraction of sp³-hybridized carbons (Fsp3) is 0.611. The predicted octanol–water partition coefficient (Wildman–Crippen LogP) is 4.99. The number of amides is 1. The van der Waals surface area contributed by atoms with Crippen LogP contribution in [0.3, 0.4) is 0 Å². The van der Waals surface area contributed by atoms with Crippen molar-refractivity contribution in [2.75, 3.05) is 0 Å². The molecule has 0 aliphatic carbocycles. The highest BCUT2D eigenvalue weighted by Gasteiger charge is 1.97. The number of rotatable bonds is 3. The standard InChI is InChI=1S/C12H18.C2H5NO.2C2H6/c1-4-11-6-5-7-12(9-11)8-10(2)3;1-2(3)4;2*1-2/h5-7,9-10H,4,8H2,1-3H3;1H3,(H2,3,4);2*1-2H3. The molecule has 0 aliphatic rings. The van der Waals surface area contributed by atoms with E-state index in [0.717, 1.165) is 12.3 Å². The van der Waals surface area contributed by atoms with Crippen molar-refractivity contribution in [2.24, 2.45) is 11.7 Å². The fourth-order valence-corrected chi connectivity index (χ4v) is 1.45. The van der Waals surface area contributed by atoms with Gasteiger partial charge in [0.2, 0.25) is 5.91 Å². The van der Waals surface area contributed by atoms with E-state index in [4.69, 9.17) is 0 Å². The highest BCUT2D eigenvalue weighted by molar-refractivity contribution is 5.70. The summed E-state index contributed by atoms with van der Waals surface area (Å²) in [5.74, 6) is 0.428. The van der Waals surface area contributed by atoms with E-state index in [2.05, 4.69) is 50.8 Å². The smallest absolute Gasteiger partial charge is 0.214 e. The first-order valence-corrected chi connectivity index (χ1v) is 7.79. The van der Waals surface area contributed by atoms with Gasteiger partial charge in [0.05, 0.1) is 0 Å². The zero-order valence-corrected chi connectivity index (χ0v) is 14.8. The normalized spacial score (nSPS) is 8.25. The van der Waals surface area contributed by atoms with Crippen molar-refractivity contribution < 1.29 is 4.79 Å². The second-order valence-electron chi connectivity index (χ2n) is 4.38. The second-order valence-corrected chi connectivity index (χ2v) is 4.38. The molecule has 0 spiro atoms. The largest absolute Gasteiger partial charge is 0.370 e. The summed E-state index contributed by atoms with van der Waals surface area (Å²) in [6.07, 6.45) is 2.35. The third kappa shape index (κ3) is 19.0. The summed E-state index contributed by atoms with van der Waals surface area (Å²) in [4.78, 5) is 9.22. The maximum Gasteiger partial charge on any atom is 0.214 e. The third-order valence-corrected chi connectivity index (χ3v) is 2.04. The van der Waals surface area contributed by atoms with Gasteiger partial charge >= 0.3 is 0 Å². The molecule has 2 heteroatoms. The van der Waals surface area contributed by atoms with Gasteiger partial charge in [0.25, 0.3) is 0 Å². The Bertz CT molecular complexity index is 315. The lowest BCUT2D eigenvalue weighted by Crippen LogP contribution is -2.01. The van der Waals surface area contributed by atoms with Gasteiger partial charge in [-0.15, -0.1) is 0 Å². The summed E-state index contributed by atoms with van der Waals surface area (Å²) in [5, 5.41) is 0. The summed E-state index contributed by atoms with van der Waals surface area (Å²) in [5.41, 5.74) is 7.40. The molecule has 0 aromatic heterocycles. The van der Waals surface area contributed by atoms with Crippen LogP contribution in [0, 0.1) is 5.92 Å². The number of benzene rings is 1. The van der Waals surface area contributed by atoms with Gasteiger partial charge in [-0.1, -0.05) is 72.7 Å². The van der Waals surface area contributed by atoms with Gasteiger partial charge in [0.15, 0.2) is 0 Å². The Morgan fingerprint density at radius 3 is 1.85 bits per heavy atom. The predicted molar refractivity (Wildman–Crippen MR) is 91.9 cm³/mol. The van der Waals surface area contributed by atoms with Crippen LogP contribution in [0.5, 0.6) is 0 Å². The summed E-state index contributed by atoms with van der Waals surface area (Å²) in [6, 6.07) is 8.90. The number of carbonyl (C=O) groups is 1. The molecule has 1 aromatic rings. The molecule has 0 heterocycles. The maximum absolute atomic E-state index is 9.22. The van der Waals surface area contributed by atoms with Crippen molar-refractivity contribution in [3.8, 4) is 0 Å². The van der Waals surface area contributed by atoms with Crippen LogP contribution in [0.4, 0.5) is 0 Å². The van der Waals surface area contributed by atoms with E-state index in [1.54, 1.807) is 0 Å².